The number of rotatable bonds is 2. The summed E-state index contributed by atoms with van der Waals surface area (Å²) in [6.45, 7) is 4.62. The summed E-state index contributed by atoms with van der Waals surface area (Å²) in [4.78, 5) is 0. The van der Waals surface area contributed by atoms with Gasteiger partial charge in [0.05, 0.1) is 0 Å². The van der Waals surface area contributed by atoms with Gasteiger partial charge >= 0.3 is 0 Å². The van der Waals surface area contributed by atoms with E-state index in [9.17, 15) is 4.39 Å². The first-order valence-electron chi connectivity index (χ1n) is 6.28. The summed E-state index contributed by atoms with van der Waals surface area (Å²) in [5.41, 5.74) is 1.07. The van der Waals surface area contributed by atoms with E-state index in [1.807, 2.05) is 6.07 Å². The lowest BCUT2D eigenvalue weighted by Crippen LogP contribution is -2.33. The molecule has 3 atom stereocenters. The summed E-state index contributed by atoms with van der Waals surface area (Å²) in [7, 11) is 0. The van der Waals surface area contributed by atoms with Gasteiger partial charge in [-0.3, -0.25) is 0 Å². The van der Waals surface area contributed by atoms with Crippen molar-refractivity contribution in [3.05, 3.63) is 27.6 Å². The van der Waals surface area contributed by atoms with E-state index in [0.717, 1.165) is 15.2 Å². The summed E-state index contributed by atoms with van der Waals surface area (Å²) in [5, 5.41) is 3.58. The molecule has 0 bridgehead atoms. The predicted octanol–water partition coefficient (Wildman–Crippen LogP) is 4.67. The topological polar surface area (TPSA) is 12.0 Å². The number of anilines is 1. The lowest BCUT2D eigenvalue weighted by atomic mass is 9.80. The van der Waals surface area contributed by atoms with Gasteiger partial charge in [0.1, 0.15) is 5.82 Å². The van der Waals surface area contributed by atoms with Gasteiger partial charge < -0.3 is 5.32 Å². The SMILES string of the molecule is CC1CCC(C)C(Nc2ccc(F)cc2I)C1. The Balaban J connectivity index is 2.08. The molecule has 3 heteroatoms. The second-order valence-electron chi connectivity index (χ2n) is 5.27. The van der Waals surface area contributed by atoms with Crippen molar-refractivity contribution in [2.75, 3.05) is 5.32 Å². The standard InChI is InChI=1S/C14H19FIN/c1-9-3-4-10(2)14(7-9)17-13-6-5-11(15)8-12(13)16/h5-6,8-10,14,17H,3-4,7H2,1-2H3. The van der Waals surface area contributed by atoms with E-state index < -0.39 is 0 Å². The smallest absolute Gasteiger partial charge is 0.124 e. The predicted molar refractivity (Wildman–Crippen MR) is 78.7 cm³/mol. The normalized spacial score (nSPS) is 29.1. The highest BCUT2D eigenvalue weighted by molar-refractivity contribution is 14.1. The number of nitrogens with one attached hydrogen (secondary N) is 1. The Morgan fingerprint density at radius 3 is 2.76 bits per heavy atom. The van der Waals surface area contributed by atoms with Gasteiger partial charge in [-0.15, -0.1) is 0 Å². The van der Waals surface area contributed by atoms with Crippen LogP contribution < -0.4 is 5.32 Å². The van der Waals surface area contributed by atoms with Gasteiger partial charge in [0.25, 0.3) is 0 Å². The van der Waals surface area contributed by atoms with Gasteiger partial charge in [0, 0.05) is 15.3 Å². The van der Waals surface area contributed by atoms with Crippen LogP contribution in [-0.4, -0.2) is 6.04 Å². The Labute approximate surface area is 116 Å². The van der Waals surface area contributed by atoms with Gasteiger partial charge in [-0.05, 0) is 65.5 Å². The van der Waals surface area contributed by atoms with Crippen molar-refractivity contribution in [1.29, 1.82) is 0 Å². The third-order valence-electron chi connectivity index (χ3n) is 3.73. The number of benzene rings is 1. The van der Waals surface area contributed by atoms with Crippen molar-refractivity contribution in [3.8, 4) is 0 Å². The first kappa shape index (κ1) is 13.1. The first-order valence-corrected chi connectivity index (χ1v) is 7.35. The van der Waals surface area contributed by atoms with E-state index in [4.69, 9.17) is 0 Å². The van der Waals surface area contributed by atoms with Crippen molar-refractivity contribution in [2.45, 2.75) is 39.2 Å². The van der Waals surface area contributed by atoms with Gasteiger partial charge in [0.2, 0.25) is 0 Å². The van der Waals surface area contributed by atoms with Crippen LogP contribution in [0.1, 0.15) is 33.1 Å². The third-order valence-corrected chi connectivity index (χ3v) is 4.62. The molecule has 0 spiro atoms. The molecule has 0 aromatic heterocycles. The molecule has 3 unspecified atom stereocenters. The van der Waals surface area contributed by atoms with Crippen LogP contribution in [0, 0.1) is 21.2 Å². The van der Waals surface area contributed by atoms with Crippen LogP contribution >= 0.6 is 22.6 Å². The van der Waals surface area contributed by atoms with Gasteiger partial charge in [-0.1, -0.05) is 20.3 Å². The molecule has 1 N–H and O–H groups in total. The van der Waals surface area contributed by atoms with E-state index in [-0.39, 0.29) is 5.82 Å². The Bertz CT molecular complexity index is 394. The largest absolute Gasteiger partial charge is 0.381 e. The highest BCUT2D eigenvalue weighted by atomic mass is 127. The average molecular weight is 347 g/mol. The fourth-order valence-corrected chi connectivity index (χ4v) is 3.17. The zero-order chi connectivity index (χ0) is 12.4. The van der Waals surface area contributed by atoms with Crippen LogP contribution in [0.15, 0.2) is 18.2 Å². The van der Waals surface area contributed by atoms with Gasteiger partial charge in [0.15, 0.2) is 0 Å². The van der Waals surface area contributed by atoms with Crippen LogP contribution in [0.4, 0.5) is 10.1 Å². The fraction of sp³-hybridized carbons (Fsp3) is 0.571. The van der Waals surface area contributed by atoms with Crippen molar-refractivity contribution < 1.29 is 4.39 Å². The first-order chi connectivity index (χ1) is 8.06. The summed E-state index contributed by atoms with van der Waals surface area (Å²) in [6.07, 6.45) is 3.84. The monoisotopic (exact) mass is 347 g/mol. The Morgan fingerprint density at radius 1 is 1.29 bits per heavy atom. The molecular formula is C14H19FIN. The van der Waals surface area contributed by atoms with E-state index in [2.05, 4.69) is 41.8 Å². The Hall–Kier alpha value is -0.320. The summed E-state index contributed by atoms with van der Waals surface area (Å²) in [5.74, 6) is 1.33. The number of hydrogen-bond acceptors (Lipinski definition) is 1. The van der Waals surface area contributed by atoms with E-state index >= 15 is 0 Å². The molecular weight excluding hydrogens is 328 g/mol. The molecule has 94 valence electrons. The molecule has 1 aromatic rings. The lowest BCUT2D eigenvalue weighted by molar-refractivity contribution is 0.280. The maximum absolute atomic E-state index is 13.0. The number of halogens is 2. The molecule has 1 fully saturated rings. The minimum Gasteiger partial charge on any atom is -0.381 e. The van der Waals surface area contributed by atoms with E-state index in [1.165, 1.54) is 25.3 Å². The molecule has 17 heavy (non-hydrogen) atoms. The summed E-state index contributed by atoms with van der Waals surface area (Å²) in [6, 6.07) is 5.49. The number of hydrogen-bond donors (Lipinski definition) is 1. The highest BCUT2D eigenvalue weighted by Crippen LogP contribution is 2.31. The van der Waals surface area contributed by atoms with Crippen LogP contribution in [0.2, 0.25) is 0 Å². The zero-order valence-electron chi connectivity index (χ0n) is 10.3. The minimum absolute atomic E-state index is 0.162. The van der Waals surface area contributed by atoms with Gasteiger partial charge in [-0.2, -0.15) is 0 Å². The van der Waals surface area contributed by atoms with Crippen molar-refractivity contribution in [2.24, 2.45) is 11.8 Å². The molecule has 2 rings (SSSR count). The minimum atomic E-state index is -0.162. The maximum Gasteiger partial charge on any atom is 0.124 e. The average Bonchev–Trinajstić information content (AvgIpc) is 2.27. The molecule has 1 aliphatic rings. The zero-order valence-corrected chi connectivity index (χ0v) is 12.5. The molecule has 0 amide bonds. The van der Waals surface area contributed by atoms with Crippen molar-refractivity contribution >= 4 is 28.3 Å². The summed E-state index contributed by atoms with van der Waals surface area (Å²) >= 11 is 2.19. The van der Waals surface area contributed by atoms with Crippen LogP contribution in [0.5, 0.6) is 0 Å². The van der Waals surface area contributed by atoms with Gasteiger partial charge in [-0.25, -0.2) is 4.39 Å². The second kappa shape index (κ2) is 5.55. The molecule has 1 aromatic carbocycles. The summed E-state index contributed by atoms with van der Waals surface area (Å²) < 4.78 is 14.0. The Kier molecular flexibility index (Phi) is 4.28. The molecule has 0 heterocycles. The van der Waals surface area contributed by atoms with Crippen molar-refractivity contribution in [1.82, 2.24) is 0 Å². The Morgan fingerprint density at radius 2 is 2.06 bits per heavy atom. The van der Waals surface area contributed by atoms with E-state index in [0.29, 0.717) is 12.0 Å². The van der Waals surface area contributed by atoms with Crippen LogP contribution in [0.3, 0.4) is 0 Å². The second-order valence-corrected chi connectivity index (χ2v) is 6.43. The quantitative estimate of drug-likeness (QED) is 0.767. The lowest BCUT2D eigenvalue weighted by Gasteiger charge is -2.34. The third kappa shape index (κ3) is 3.33. The fourth-order valence-electron chi connectivity index (χ4n) is 2.54. The maximum atomic E-state index is 13.0. The van der Waals surface area contributed by atoms with Crippen LogP contribution in [0.25, 0.3) is 0 Å². The highest BCUT2D eigenvalue weighted by Gasteiger charge is 2.25. The molecule has 0 saturated heterocycles. The molecule has 0 aliphatic heterocycles. The molecule has 1 aliphatic carbocycles. The molecule has 1 saturated carbocycles. The van der Waals surface area contributed by atoms with Crippen LogP contribution in [-0.2, 0) is 0 Å². The van der Waals surface area contributed by atoms with E-state index in [1.54, 1.807) is 6.07 Å². The molecule has 0 radical (unpaired) electrons. The van der Waals surface area contributed by atoms with Crippen molar-refractivity contribution in [3.63, 3.8) is 0 Å². The molecule has 1 nitrogen and oxygen atoms in total.